The number of aromatic nitrogens is 3. The van der Waals surface area contributed by atoms with E-state index in [1.54, 1.807) is 6.07 Å². The summed E-state index contributed by atoms with van der Waals surface area (Å²) in [6, 6.07) is 11.5. The molecule has 0 saturated carbocycles. The Balaban J connectivity index is 1.18. The zero-order chi connectivity index (χ0) is 28.7. The monoisotopic (exact) mass is 554 g/mol. The number of nitrogens with one attached hydrogen (secondary N) is 3. The Labute approximate surface area is 237 Å². The summed E-state index contributed by atoms with van der Waals surface area (Å²) in [5.74, 6) is 0.918. The number of anilines is 1. The van der Waals surface area contributed by atoms with Crippen LogP contribution in [0.4, 0.5) is 5.69 Å². The number of Topliss-reactive ketones (excluding diaryl/α,β-unsaturated/α-hetero) is 1. The molecule has 2 aromatic carbocycles. The number of carbonyl (C=O) groups is 2. The number of pyridine rings is 1. The minimum absolute atomic E-state index is 0.0167. The second kappa shape index (κ2) is 10.9. The van der Waals surface area contributed by atoms with Crippen molar-refractivity contribution >= 4 is 28.4 Å². The number of imidazole rings is 1. The molecule has 1 amide bonds. The number of H-pyrrole nitrogens is 2. The Morgan fingerprint density at radius 1 is 1.12 bits per heavy atom. The van der Waals surface area contributed by atoms with Gasteiger partial charge in [-0.2, -0.15) is 0 Å². The summed E-state index contributed by atoms with van der Waals surface area (Å²) >= 11 is 0. The number of benzene rings is 2. The molecule has 2 aliphatic heterocycles. The number of amides is 1. The summed E-state index contributed by atoms with van der Waals surface area (Å²) in [4.78, 5) is 53.7. The molecule has 4 aromatic rings. The van der Waals surface area contributed by atoms with E-state index in [2.05, 4.69) is 32.2 Å². The number of aryl methyl sites for hydroxylation is 2. The van der Waals surface area contributed by atoms with Crippen LogP contribution in [-0.4, -0.2) is 75.8 Å². The van der Waals surface area contributed by atoms with Gasteiger partial charge >= 0.3 is 0 Å². The third-order valence-electron chi connectivity index (χ3n) is 8.06. The van der Waals surface area contributed by atoms with Gasteiger partial charge in [0.15, 0.2) is 5.78 Å². The van der Waals surface area contributed by atoms with E-state index in [1.165, 1.54) is 6.20 Å². The van der Waals surface area contributed by atoms with Crippen molar-refractivity contribution in [3.05, 3.63) is 75.2 Å². The topological polar surface area (TPSA) is 123 Å². The molecule has 10 heteroatoms. The fourth-order valence-electron chi connectivity index (χ4n) is 5.79. The molecule has 2 aromatic heterocycles. The third kappa shape index (κ3) is 5.35. The maximum atomic E-state index is 13.3. The lowest BCUT2D eigenvalue weighted by Crippen LogP contribution is -2.43. The van der Waals surface area contributed by atoms with Gasteiger partial charge in [-0.05, 0) is 82.2 Å². The average Bonchev–Trinajstić information content (AvgIpc) is 3.50. The fraction of sp³-hybridized carbons (Fsp3) is 0.355. The number of hydrogen-bond acceptors (Lipinski definition) is 7. The minimum Gasteiger partial charge on any atom is -0.485 e. The molecule has 212 valence electrons. The lowest BCUT2D eigenvalue weighted by atomic mass is 10.0. The van der Waals surface area contributed by atoms with Crippen LogP contribution in [0.3, 0.4) is 0 Å². The molecule has 0 unspecified atom stereocenters. The number of ether oxygens (including phenoxy) is 1. The van der Waals surface area contributed by atoms with Crippen molar-refractivity contribution in [2.45, 2.75) is 39.3 Å². The molecule has 6 rings (SSSR count). The molecule has 3 N–H and O–H groups in total. The number of rotatable bonds is 8. The van der Waals surface area contributed by atoms with Crippen molar-refractivity contribution in [1.29, 1.82) is 0 Å². The summed E-state index contributed by atoms with van der Waals surface area (Å²) in [5, 5.41) is 3.08. The Bertz CT molecular complexity index is 1700. The van der Waals surface area contributed by atoms with Crippen LogP contribution < -0.4 is 15.6 Å². The predicted octanol–water partition coefficient (Wildman–Crippen LogP) is 3.65. The average molecular weight is 555 g/mol. The van der Waals surface area contributed by atoms with E-state index in [9.17, 15) is 14.4 Å². The molecule has 0 atom stereocenters. The highest BCUT2D eigenvalue weighted by Gasteiger charge is 2.34. The first-order valence-electron chi connectivity index (χ1n) is 14.0. The standard InChI is InChI=1S/C31H34N6O4/c1-18-4-5-27(19(2)12-18)41-17-22(38)15-33-24-6-9-32-30(39)28(24)29-34-25-13-20-16-37(21-7-10-36(3)11-8-21)31(40)23(20)14-26(25)35-29/h4-6,9,12-14,21H,7-8,10-11,15-17H2,1-3H3,(H,34,35)(H2,32,33,39). The molecule has 10 nitrogen and oxygen atoms in total. The van der Waals surface area contributed by atoms with Gasteiger partial charge < -0.3 is 29.8 Å². The summed E-state index contributed by atoms with van der Waals surface area (Å²) in [5.41, 5.74) is 5.53. The number of hydrogen-bond donors (Lipinski definition) is 3. The van der Waals surface area contributed by atoms with Crippen LogP contribution in [0.1, 0.15) is 39.9 Å². The second-order valence-electron chi connectivity index (χ2n) is 11.1. The quantitative estimate of drug-likeness (QED) is 0.304. The van der Waals surface area contributed by atoms with Crippen LogP contribution in [0.5, 0.6) is 5.75 Å². The van der Waals surface area contributed by atoms with Crippen LogP contribution in [0, 0.1) is 13.8 Å². The maximum Gasteiger partial charge on any atom is 0.261 e. The Hall–Kier alpha value is -4.44. The molecular formula is C31H34N6O4. The highest BCUT2D eigenvalue weighted by Crippen LogP contribution is 2.32. The maximum absolute atomic E-state index is 13.3. The van der Waals surface area contributed by atoms with Crippen molar-refractivity contribution in [2.75, 3.05) is 38.6 Å². The lowest BCUT2D eigenvalue weighted by Gasteiger charge is -2.34. The first-order valence-corrected chi connectivity index (χ1v) is 14.0. The van der Waals surface area contributed by atoms with E-state index in [1.807, 2.05) is 49.1 Å². The smallest absolute Gasteiger partial charge is 0.261 e. The summed E-state index contributed by atoms with van der Waals surface area (Å²) < 4.78 is 5.71. The number of aromatic amines is 2. The lowest BCUT2D eigenvalue weighted by molar-refractivity contribution is -0.119. The zero-order valence-electron chi connectivity index (χ0n) is 23.5. The van der Waals surface area contributed by atoms with Crippen LogP contribution in [0.15, 0.2) is 47.4 Å². The predicted molar refractivity (Wildman–Crippen MR) is 157 cm³/mol. The number of piperidine rings is 1. The van der Waals surface area contributed by atoms with Crippen molar-refractivity contribution in [3.63, 3.8) is 0 Å². The van der Waals surface area contributed by atoms with E-state index in [0.717, 1.165) is 48.1 Å². The van der Waals surface area contributed by atoms with E-state index < -0.39 is 0 Å². The third-order valence-corrected chi connectivity index (χ3v) is 8.06. The van der Waals surface area contributed by atoms with Crippen LogP contribution >= 0.6 is 0 Å². The SMILES string of the molecule is Cc1ccc(OCC(=O)CNc2cc[nH]c(=O)c2-c2nc3cc4c(cc3[nH]2)CN(C2CCN(C)CC2)C4=O)c(C)c1. The van der Waals surface area contributed by atoms with E-state index in [0.29, 0.717) is 40.4 Å². The van der Waals surface area contributed by atoms with Crippen LogP contribution in [0.25, 0.3) is 22.4 Å². The number of fused-ring (bicyclic) bond motifs is 2. The Morgan fingerprint density at radius 2 is 1.93 bits per heavy atom. The minimum atomic E-state index is -0.343. The van der Waals surface area contributed by atoms with Crippen molar-refractivity contribution in [3.8, 4) is 17.1 Å². The van der Waals surface area contributed by atoms with Crippen LogP contribution in [-0.2, 0) is 11.3 Å². The summed E-state index contributed by atoms with van der Waals surface area (Å²) in [6.45, 7) is 6.40. The van der Waals surface area contributed by atoms with Crippen molar-refractivity contribution < 1.29 is 14.3 Å². The van der Waals surface area contributed by atoms with Gasteiger partial charge in [0.25, 0.3) is 11.5 Å². The first-order chi connectivity index (χ1) is 19.8. The van der Waals surface area contributed by atoms with E-state index in [-0.39, 0.29) is 36.4 Å². The number of nitrogens with zero attached hydrogens (tertiary/aromatic N) is 3. The highest BCUT2D eigenvalue weighted by atomic mass is 16.5. The molecule has 4 heterocycles. The largest absolute Gasteiger partial charge is 0.485 e. The molecule has 41 heavy (non-hydrogen) atoms. The van der Waals surface area contributed by atoms with Crippen molar-refractivity contribution in [1.82, 2.24) is 24.8 Å². The molecule has 1 fully saturated rings. The Kier molecular flexibility index (Phi) is 7.08. The van der Waals surface area contributed by atoms with Crippen molar-refractivity contribution in [2.24, 2.45) is 0 Å². The van der Waals surface area contributed by atoms with Gasteiger partial charge in [-0.15, -0.1) is 0 Å². The number of carbonyl (C=O) groups excluding carboxylic acids is 2. The van der Waals surface area contributed by atoms with Gasteiger partial charge in [-0.25, -0.2) is 4.98 Å². The van der Waals surface area contributed by atoms with Gasteiger partial charge in [-0.1, -0.05) is 17.7 Å². The fourth-order valence-corrected chi connectivity index (χ4v) is 5.79. The van der Waals surface area contributed by atoms with E-state index >= 15 is 0 Å². The normalized spacial score (nSPS) is 15.9. The molecule has 0 radical (unpaired) electrons. The van der Waals surface area contributed by atoms with Crippen LogP contribution in [0.2, 0.25) is 0 Å². The van der Waals surface area contributed by atoms with Gasteiger partial charge in [-0.3, -0.25) is 14.4 Å². The van der Waals surface area contributed by atoms with Gasteiger partial charge in [0.1, 0.15) is 23.7 Å². The highest BCUT2D eigenvalue weighted by molar-refractivity contribution is 6.02. The van der Waals surface area contributed by atoms with Gasteiger partial charge in [0, 0.05) is 24.3 Å². The molecule has 0 bridgehead atoms. The molecule has 0 aliphatic carbocycles. The first kappa shape index (κ1) is 26.8. The molecule has 0 spiro atoms. The second-order valence-corrected chi connectivity index (χ2v) is 11.1. The van der Waals surface area contributed by atoms with Gasteiger partial charge in [0.2, 0.25) is 0 Å². The van der Waals surface area contributed by atoms with E-state index in [4.69, 9.17) is 4.74 Å². The molecule has 1 saturated heterocycles. The van der Waals surface area contributed by atoms with Gasteiger partial charge in [0.05, 0.1) is 23.3 Å². The zero-order valence-corrected chi connectivity index (χ0v) is 23.5. The number of likely N-dealkylation sites (tertiary alicyclic amines) is 1. The summed E-state index contributed by atoms with van der Waals surface area (Å²) in [7, 11) is 2.11. The molecular weight excluding hydrogens is 520 g/mol. The molecule has 2 aliphatic rings. The number of ketones is 1. The summed E-state index contributed by atoms with van der Waals surface area (Å²) in [6.07, 6.45) is 3.48. The Morgan fingerprint density at radius 3 is 2.71 bits per heavy atom.